The van der Waals surface area contributed by atoms with E-state index in [0.29, 0.717) is 0 Å². The lowest BCUT2D eigenvalue weighted by Gasteiger charge is -2.21. The molecule has 5 heteroatoms. The Hall–Kier alpha value is -3.54. The topological polar surface area (TPSA) is 34.0 Å². The second kappa shape index (κ2) is 10.4. The van der Waals surface area contributed by atoms with Gasteiger partial charge in [-0.25, -0.2) is 9.98 Å². The molecular formula is C32H26N2OS2. The molecule has 0 spiro atoms. The van der Waals surface area contributed by atoms with Crippen LogP contribution in [-0.4, -0.2) is 17.2 Å². The number of hydrogen-bond acceptors (Lipinski definition) is 5. The fourth-order valence-corrected chi connectivity index (χ4v) is 6.44. The summed E-state index contributed by atoms with van der Waals surface area (Å²) in [6.07, 6.45) is 10.7. The number of aliphatic imine (C=N–C) groups is 2. The van der Waals surface area contributed by atoms with Gasteiger partial charge in [-0.15, -0.1) is 0 Å². The van der Waals surface area contributed by atoms with Gasteiger partial charge in [0.25, 0.3) is 0 Å². The number of aryl methyl sites for hydroxylation is 1. The maximum Gasteiger partial charge on any atom is 0.118 e. The zero-order valence-corrected chi connectivity index (χ0v) is 22.4. The summed E-state index contributed by atoms with van der Waals surface area (Å²) in [4.78, 5) is 12.4. The number of methoxy groups -OCH3 is 1. The lowest BCUT2D eigenvalue weighted by Crippen LogP contribution is -1.98. The van der Waals surface area contributed by atoms with Gasteiger partial charge in [0.1, 0.15) is 15.8 Å². The molecule has 0 aromatic heterocycles. The maximum absolute atomic E-state index is 5.25. The van der Waals surface area contributed by atoms with Crippen molar-refractivity contribution in [3.63, 3.8) is 0 Å². The second-order valence-corrected chi connectivity index (χ2v) is 11.1. The normalized spacial score (nSPS) is 14.3. The van der Waals surface area contributed by atoms with Crippen LogP contribution in [-0.2, 0) is 6.42 Å². The SMILES string of the molecule is CCCc1ccc(/C=C/C2=Nc3ccc4c5c(ccc(c35)S2)N=C(/C=C/c2ccc(OC)cc2)S4)cc1. The van der Waals surface area contributed by atoms with Crippen molar-refractivity contribution in [2.75, 3.05) is 7.11 Å². The number of benzene rings is 4. The maximum atomic E-state index is 5.25. The van der Waals surface area contributed by atoms with E-state index >= 15 is 0 Å². The summed E-state index contributed by atoms with van der Waals surface area (Å²) in [5.74, 6) is 0.857. The van der Waals surface area contributed by atoms with E-state index in [-0.39, 0.29) is 0 Å². The molecule has 3 nitrogen and oxygen atoms in total. The summed E-state index contributed by atoms with van der Waals surface area (Å²) in [6, 6.07) is 25.5. The average molecular weight is 519 g/mol. The molecule has 2 heterocycles. The van der Waals surface area contributed by atoms with E-state index < -0.39 is 0 Å². The second-order valence-electron chi connectivity index (χ2n) is 8.95. The van der Waals surface area contributed by atoms with Gasteiger partial charge in [-0.1, -0.05) is 85.4 Å². The highest BCUT2D eigenvalue weighted by molar-refractivity contribution is 8.15. The number of ether oxygens (including phenoxy) is 1. The molecule has 37 heavy (non-hydrogen) atoms. The number of hydrogen-bond donors (Lipinski definition) is 0. The lowest BCUT2D eigenvalue weighted by atomic mass is 10.1. The predicted octanol–water partition coefficient (Wildman–Crippen LogP) is 9.50. The molecule has 0 N–H and O–H groups in total. The Bertz CT molecular complexity index is 1600. The van der Waals surface area contributed by atoms with Gasteiger partial charge in [0, 0.05) is 20.6 Å². The molecule has 0 atom stereocenters. The summed E-state index contributed by atoms with van der Waals surface area (Å²) in [5, 5.41) is 4.39. The first-order valence-electron chi connectivity index (χ1n) is 12.4. The standard InChI is InChI=1S/C32H26N2OS2/c1-3-4-21-5-7-22(8-6-21)11-19-29-33-25-15-18-28-32-26(16-17-27(36-29)31(25)32)34-30(37-28)20-12-23-9-13-24(35-2)14-10-23/h5-20H,3-4H2,1-2H3/b19-11+,20-12+. The quantitative estimate of drug-likeness (QED) is 0.244. The summed E-state index contributed by atoms with van der Waals surface area (Å²) >= 11 is 3.43. The van der Waals surface area contributed by atoms with Crippen LogP contribution in [0.2, 0.25) is 0 Å². The van der Waals surface area contributed by atoms with E-state index in [1.165, 1.54) is 38.1 Å². The van der Waals surface area contributed by atoms with E-state index in [1.807, 2.05) is 24.3 Å². The van der Waals surface area contributed by atoms with E-state index in [0.717, 1.165) is 39.2 Å². The van der Waals surface area contributed by atoms with Gasteiger partial charge in [-0.3, -0.25) is 0 Å². The first kappa shape index (κ1) is 23.8. The van der Waals surface area contributed by atoms with Crippen LogP contribution in [0.1, 0.15) is 30.0 Å². The summed E-state index contributed by atoms with van der Waals surface area (Å²) in [7, 11) is 1.68. The molecule has 4 aromatic rings. The van der Waals surface area contributed by atoms with Crippen molar-refractivity contribution < 1.29 is 4.74 Å². The average Bonchev–Trinajstić information content (AvgIpc) is 2.94. The Morgan fingerprint density at radius 2 is 1.16 bits per heavy atom. The summed E-state index contributed by atoms with van der Waals surface area (Å²) in [6.45, 7) is 2.21. The molecule has 2 aliphatic heterocycles. The molecule has 2 aliphatic rings. The number of rotatable bonds is 7. The van der Waals surface area contributed by atoms with E-state index in [2.05, 4.69) is 79.8 Å². The van der Waals surface area contributed by atoms with Gasteiger partial charge in [-0.05, 0) is 71.7 Å². The van der Waals surface area contributed by atoms with Crippen molar-refractivity contribution in [2.24, 2.45) is 9.98 Å². The third kappa shape index (κ3) is 5.02. The molecule has 0 unspecified atom stereocenters. The van der Waals surface area contributed by atoms with E-state index in [1.54, 1.807) is 30.6 Å². The number of nitrogens with zero attached hydrogens (tertiary/aromatic N) is 2. The third-order valence-electron chi connectivity index (χ3n) is 6.40. The highest BCUT2D eigenvalue weighted by Crippen LogP contribution is 2.49. The third-order valence-corrected chi connectivity index (χ3v) is 8.39. The van der Waals surface area contributed by atoms with Crippen molar-refractivity contribution in [3.8, 4) is 5.75 Å². The first-order chi connectivity index (χ1) is 18.2. The lowest BCUT2D eigenvalue weighted by molar-refractivity contribution is 0.415. The largest absolute Gasteiger partial charge is 0.497 e. The molecule has 0 fully saturated rings. The van der Waals surface area contributed by atoms with Crippen LogP contribution in [0.3, 0.4) is 0 Å². The van der Waals surface area contributed by atoms with Crippen LogP contribution in [0.5, 0.6) is 5.75 Å². The molecular weight excluding hydrogens is 492 g/mol. The Labute approximate surface area is 226 Å². The Morgan fingerprint density at radius 3 is 1.65 bits per heavy atom. The molecule has 0 bridgehead atoms. The molecule has 0 aliphatic carbocycles. The highest BCUT2D eigenvalue weighted by atomic mass is 32.2. The summed E-state index contributed by atoms with van der Waals surface area (Å²) < 4.78 is 5.25. The molecule has 182 valence electrons. The van der Waals surface area contributed by atoms with Crippen molar-refractivity contribution in [3.05, 3.63) is 102 Å². The van der Waals surface area contributed by atoms with Crippen LogP contribution in [0.15, 0.2) is 105 Å². The molecule has 4 aromatic carbocycles. The van der Waals surface area contributed by atoms with E-state index in [9.17, 15) is 0 Å². The minimum absolute atomic E-state index is 0.857. The zero-order chi connectivity index (χ0) is 25.2. The van der Waals surface area contributed by atoms with Crippen LogP contribution in [0, 0.1) is 0 Å². The molecule has 0 saturated carbocycles. The van der Waals surface area contributed by atoms with Gasteiger partial charge in [0.2, 0.25) is 0 Å². The van der Waals surface area contributed by atoms with Crippen molar-refractivity contribution in [1.82, 2.24) is 0 Å². The van der Waals surface area contributed by atoms with E-state index in [4.69, 9.17) is 14.7 Å². The fourth-order valence-electron chi connectivity index (χ4n) is 4.54. The van der Waals surface area contributed by atoms with Crippen LogP contribution >= 0.6 is 23.5 Å². The monoisotopic (exact) mass is 518 g/mol. The van der Waals surface area contributed by atoms with Gasteiger partial charge in [0.05, 0.1) is 18.5 Å². The smallest absolute Gasteiger partial charge is 0.118 e. The van der Waals surface area contributed by atoms with Gasteiger partial charge in [0.15, 0.2) is 0 Å². The van der Waals surface area contributed by atoms with Crippen molar-refractivity contribution >= 4 is 67.9 Å². The molecule has 0 amide bonds. The van der Waals surface area contributed by atoms with Crippen LogP contribution in [0.4, 0.5) is 11.4 Å². The first-order valence-corrected chi connectivity index (χ1v) is 14.1. The Morgan fingerprint density at radius 1 is 0.649 bits per heavy atom. The minimum atomic E-state index is 0.857. The highest BCUT2D eigenvalue weighted by Gasteiger charge is 2.22. The van der Waals surface area contributed by atoms with Crippen LogP contribution < -0.4 is 4.74 Å². The molecule has 6 rings (SSSR count). The van der Waals surface area contributed by atoms with Gasteiger partial charge >= 0.3 is 0 Å². The Kier molecular flexibility index (Phi) is 6.73. The minimum Gasteiger partial charge on any atom is -0.497 e. The van der Waals surface area contributed by atoms with Crippen LogP contribution in [0.25, 0.3) is 22.9 Å². The summed E-state index contributed by atoms with van der Waals surface area (Å²) in [5.41, 5.74) is 5.71. The predicted molar refractivity (Wildman–Crippen MR) is 161 cm³/mol. The molecule has 0 radical (unpaired) electrons. The van der Waals surface area contributed by atoms with Crippen molar-refractivity contribution in [2.45, 2.75) is 29.6 Å². The molecule has 0 saturated heterocycles. The van der Waals surface area contributed by atoms with Gasteiger partial charge < -0.3 is 4.74 Å². The zero-order valence-electron chi connectivity index (χ0n) is 20.8. The fraction of sp³-hybridized carbons (Fsp3) is 0.125. The number of thioether (sulfide) groups is 2. The Balaban J connectivity index is 1.27. The van der Waals surface area contributed by atoms with Crippen molar-refractivity contribution in [1.29, 1.82) is 0 Å². The van der Waals surface area contributed by atoms with Gasteiger partial charge in [-0.2, -0.15) is 0 Å².